The second-order valence-corrected chi connectivity index (χ2v) is 6.87. The highest BCUT2D eigenvalue weighted by Crippen LogP contribution is 2.44. The van der Waals surface area contributed by atoms with E-state index in [2.05, 4.69) is 31.7 Å². The minimum atomic E-state index is -0.0319. The van der Waals surface area contributed by atoms with Gasteiger partial charge < -0.3 is 4.90 Å². The first kappa shape index (κ1) is 15.1. The van der Waals surface area contributed by atoms with Crippen LogP contribution in [-0.2, 0) is 0 Å². The van der Waals surface area contributed by atoms with Crippen LogP contribution in [0.15, 0.2) is 22.4 Å². The molecule has 0 aromatic rings. The fraction of sp³-hybridized carbons (Fsp3) is 0.588. The van der Waals surface area contributed by atoms with E-state index in [4.69, 9.17) is 0 Å². The predicted octanol–water partition coefficient (Wildman–Crippen LogP) is 3.27. The van der Waals surface area contributed by atoms with E-state index in [1.807, 2.05) is 12.1 Å². The highest BCUT2D eigenvalue weighted by Gasteiger charge is 2.36. The Morgan fingerprint density at radius 3 is 2.33 bits per heavy atom. The van der Waals surface area contributed by atoms with Crippen molar-refractivity contribution in [3.05, 3.63) is 22.4 Å². The van der Waals surface area contributed by atoms with Crippen LogP contribution in [0.3, 0.4) is 0 Å². The number of nitrogens with zero attached hydrogens (tertiary/aromatic N) is 4. The predicted molar refractivity (Wildman–Crippen MR) is 79.3 cm³/mol. The van der Waals surface area contributed by atoms with E-state index in [0.29, 0.717) is 23.5 Å². The van der Waals surface area contributed by atoms with Crippen LogP contribution in [0.2, 0.25) is 0 Å². The summed E-state index contributed by atoms with van der Waals surface area (Å²) in [5.41, 5.74) is 2.27. The molecule has 0 aromatic heterocycles. The zero-order valence-electron chi connectivity index (χ0n) is 12.9. The van der Waals surface area contributed by atoms with Crippen LogP contribution < -0.4 is 0 Å². The van der Waals surface area contributed by atoms with Gasteiger partial charge in [-0.2, -0.15) is 15.8 Å². The molecule has 1 fully saturated rings. The molecule has 0 saturated carbocycles. The molecule has 2 aliphatic rings. The Bertz CT molecular complexity index is 615. The van der Waals surface area contributed by atoms with Crippen LogP contribution in [0.4, 0.5) is 0 Å². The SMILES string of the molecule is CC1CCN(C2=C(C#N)C(=C(C#N)C#N)CC(C)(C)C2)C1. The van der Waals surface area contributed by atoms with Gasteiger partial charge in [0.15, 0.2) is 0 Å². The van der Waals surface area contributed by atoms with Crippen molar-refractivity contribution in [2.45, 2.75) is 40.0 Å². The molecule has 0 aromatic carbocycles. The molecular weight excluding hydrogens is 260 g/mol. The van der Waals surface area contributed by atoms with Gasteiger partial charge in [-0.1, -0.05) is 20.8 Å². The van der Waals surface area contributed by atoms with Crippen LogP contribution in [0.5, 0.6) is 0 Å². The summed E-state index contributed by atoms with van der Waals surface area (Å²) in [6, 6.07) is 6.18. The summed E-state index contributed by atoms with van der Waals surface area (Å²) in [7, 11) is 0. The zero-order chi connectivity index (χ0) is 15.6. The monoisotopic (exact) mass is 280 g/mol. The number of allylic oxidation sites excluding steroid dienone is 4. The fourth-order valence-corrected chi connectivity index (χ4v) is 3.30. The molecule has 1 heterocycles. The fourth-order valence-electron chi connectivity index (χ4n) is 3.30. The van der Waals surface area contributed by atoms with Crippen molar-refractivity contribution < 1.29 is 0 Å². The number of hydrogen-bond donors (Lipinski definition) is 0. The molecule has 1 saturated heterocycles. The number of rotatable bonds is 1. The van der Waals surface area contributed by atoms with Gasteiger partial charge in [-0.15, -0.1) is 0 Å². The maximum Gasteiger partial charge on any atom is 0.134 e. The topological polar surface area (TPSA) is 74.6 Å². The van der Waals surface area contributed by atoms with Crippen LogP contribution in [-0.4, -0.2) is 18.0 Å². The first-order chi connectivity index (χ1) is 9.91. The van der Waals surface area contributed by atoms with Crippen LogP contribution >= 0.6 is 0 Å². The number of nitriles is 3. The summed E-state index contributed by atoms with van der Waals surface area (Å²) < 4.78 is 0. The molecule has 1 aliphatic carbocycles. The standard InChI is InChI=1S/C17H20N4/c1-12-4-5-21(11-12)16-7-17(2,3)6-14(15(16)10-20)13(8-18)9-19/h12H,4-7,11H2,1-3H3. The van der Waals surface area contributed by atoms with Gasteiger partial charge in [-0.25, -0.2) is 0 Å². The molecule has 0 bridgehead atoms. The van der Waals surface area contributed by atoms with Gasteiger partial charge in [-0.05, 0) is 30.6 Å². The average molecular weight is 280 g/mol. The lowest BCUT2D eigenvalue weighted by atomic mass is 9.72. The molecule has 0 N–H and O–H groups in total. The lowest BCUT2D eigenvalue weighted by molar-refractivity contribution is 0.283. The Morgan fingerprint density at radius 2 is 1.86 bits per heavy atom. The highest BCUT2D eigenvalue weighted by molar-refractivity contribution is 5.57. The maximum atomic E-state index is 9.58. The average Bonchev–Trinajstić information content (AvgIpc) is 2.85. The molecule has 0 radical (unpaired) electrons. The molecule has 4 heteroatoms. The van der Waals surface area contributed by atoms with Gasteiger partial charge in [0.2, 0.25) is 0 Å². The zero-order valence-corrected chi connectivity index (χ0v) is 12.9. The molecule has 1 atom stereocenters. The van der Waals surface area contributed by atoms with Gasteiger partial charge in [0.05, 0.1) is 5.57 Å². The van der Waals surface area contributed by atoms with Crippen molar-refractivity contribution >= 4 is 0 Å². The van der Waals surface area contributed by atoms with Crippen molar-refractivity contribution in [3.63, 3.8) is 0 Å². The third-order valence-corrected chi connectivity index (χ3v) is 4.33. The largest absolute Gasteiger partial charge is 0.373 e. The minimum Gasteiger partial charge on any atom is -0.373 e. The van der Waals surface area contributed by atoms with E-state index in [1.165, 1.54) is 0 Å². The summed E-state index contributed by atoms with van der Waals surface area (Å²) in [6.45, 7) is 8.39. The normalized spacial score (nSPS) is 24.3. The van der Waals surface area contributed by atoms with Crippen molar-refractivity contribution in [1.29, 1.82) is 15.8 Å². The van der Waals surface area contributed by atoms with E-state index in [0.717, 1.165) is 31.6 Å². The van der Waals surface area contributed by atoms with E-state index in [9.17, 15) is 15.8 Å². The van der Waals surface area contributed by atoms with Gasteiger partial charge in [0.25, 0.3) is 0 Å². The van der Waals surface area contributed by atoms with Crippen molar-refractivity contribution in [1.82, 2.24) is 4.90 Å². The van der Waals surface area contributed by atoms with E-state index in [-0.39, 0.29) is 11.0 Å². The molecule has 1 unspecified atom stereocenters. The molecule has 21 heavy (non-hydrogen) atoms. The quantitative estimate of drug-likeness (QED) is 0.691. The smallest absolute Gasteiger partial charge is 0.134 e. The third-order valence-electron chi connectivity index (χ3n) is 4.33. The summed E-state index contributed by atoms with van der Waals surface area (Å²) >= 11 is 0. The Hall–Kier alpha value is -2.25. The van der Waals surface area contributed by atoms with Crippen molar-refractivity contribution in [2.75, 3.05) is 13.1 Å². The molecule has 0 spiro atoms. The van der Waals surface area contributed by atoms with Gasteiger partial charge >= 0.3 is 0 Å². The van der Waals surface area contributed by atoms with Crippen LogP contribution in [0.1, 0.15) is 40.0 Å². The van der Waals surface area contributed by atoms with Crippen molar-refractivity contribution in [2.24, 2.45) is 11.3 Å². The Morgan fingerprint density at radius 1 is 1.19 bits per heavy atom. The Balaban J connectivity index is 2.58. The highest BCUT2D eigenvalue weighted by atomic mass is 15.2. The van der Waals surface area contributed by atoms with Gasteiger partial charge in [0.1, 0.15) is 23.8 Å². The third kappa shape index (κ3) is 2.93. The van der Waals surface area contributed by atoms with E-state index >= 15 is 0 Å². The Labute approximate surface area is 126 Å². The molecule has 108 valence electrons. The number of likely N-dealkylation sites (tertiary alicyclic amines) is 1. The summed E-state index contributed by atoms with van der Waals surface area (Å²) in [5, 5.41) is 27.9. The second-order valence-electron chi connectivity index (χ2n) is 6.87. The molecule has 4 nitrogen and oxygen atoms in total. The minimum absolute atomic E-state index is 0.0319. The molecular formula is C17H20N4. The summed E-state index contributed by atoms with van der Waals surface area (Å²) in [4.78, 5) is 2.27. The Kier molecular flexibility index (Phi) is 4.06. The number of hydrogen-bond acceptors (Lipinski definition) is 4. The molecule has 0 amide bonds. The molecule has 1 aliphatic heterocycles. The maximum absolute atomic E-state index is 9.58. The van der Waals surface area contributed by atoms with E-state index in [1.54, 1.807) is 0 Å². The lowest BCUT2D eigenvalue weighted by Gasteiger charge is -2.37. The van der Waals surface area contributed by atoms with Gasteiger partial charge in [-0.3, -0.25) is 0 Å². The van der Waals surface area contributed by atoms with E-state index < -0.39 is 0 Å². The second kappa shape index (κ2) is 5.63. The lowest BCUT2D eigenvalue weighted by Crippen LogP contribution is -2.30. The summed E-state index contributed by atoms with van der Waals surface area (Å²) in [6.07, 6.45) is 2.57. The summed E-state index contributed by atoms with van der Waals surface area (Å²) in [5.74, 6) is 0.626. The van der Waals surface area contributed by atoms with Crippen molar-refractivity contribution in [3.8, 4) is 18.2 Å². The first-order valence-corrected chi connectivity index (χ1v) is 7.33. The van der Waals surface area contributed by atoms with Crippen LogP contribution in [0, 0.1) is 45.3 Å². The first-order valence-electron chi connectivity index (χ1n) is 7.33. The molecule has 2 rings (SSSR count). The van der Waals surface area contributed by atoms with Gasteiger partial charge in [0, 0.05) is 24.4 Å². The van der Waals surface area contributed by atoms with Crippen LogP contribution in [0.25, 0.3) is 0 Å².